The molecule has 0 bridgehead atoms. The predicted octanol–water partition coefficient (Wildman–Crippen LogP) is 24.1. The third-order valence-corrected chi connectivity index (χ3v) is 22.9. The van der Waals surface area contributed by atoms with Gasteiger partial charge in [0.2, 0.25) is 0 Å². The molecule has 2 unspecified atom stereocenters. The van der Waals surface area contributed by atoms with Crippen LogP contribution >= 0.6 is 22.7 Å². The molecule has 2 spiro atoms. The maximum Gasteiger partial charge on any atom is 0.0729 e. The Balaban J connectivity index is 0.955. The van der Waals surface area contributed by atoms with Crippen LogP contribution in [0.3, 0.4) is 0 Å². The van der Waals surface area contributed by atoms with Gasteiger partial charge in [0.25, 0.3) is 0 Å². The second kappa shape index (κ2) is 19.0. The van der Waals surface area contributed by atoms with E-state index in [1.54, 1.807) is 0 Å². The molecule has 2 nitrogen and oxygen atoms in total. The number of allylic oxidation sites excluding steroid dienone is 2. The van der Waals surface area contributed by atoms with Crippen LogP contribution in [-0.2, 0) is 21.7 Å². The lowest BCUT2D eigenvalue weighted by atomic mass is 9.66. The SMILES string of the molecule is Cc1ccc2c(c1)C1(C3=C(c4ccc(N(c5ccc(C(C)(C)C)cc5)c5cccc6c5sc5ccccc56)cc41)C1(c4cc(N(c5ccc(C(C)(C)C)cc5)c5cccc6c5sc5ccccc56)ccc43)c3ccccc3-c3ccc(C)cc31)c1ccccc1-2. The molecule has 0 aliphatic heterocycles. The van der Waals surface area contributed by atoms with Crippen LogP contribution in [-0.4, -0.2) is 0 Å². The molecular weight excluding hydrogens is 1130 g/mol. The summed E-state index contributed by atoms with van der Waals surface area (Å²) in [4.78, 5) is 5.14. The van der Waals surface area contributed by atoms with E-state index >= 15 is 0 Å². The zero-order valence-corrected chi connectivity index (χ0v) is 53.6. The molecule has 12 aromatic carbocycles. The Bertz CT molecular complexity index is 5090. The van der Waals surface area contributed by atoms with Gasteiger partial charge in [-0.2, -0.15) is 0 Å². The van der Waals surface area contributed by atoms with E-state index in [0.29, 0.717) is 0 Å². The number of aryl methyl sites for hydroxylation is 2. The number of hydrogen-bond donors (Lipinski definition) is 0. The third kappa shape index (κ3) is 7.26. The minimum Gasteiger partial charge on any atom is -0.309 e. The highest BCUT2D eigenvalue weighted by Gasteiger charge is 2.64. The van der Waals surface area contributed by atoms with Crippen molar-refractivity contribution in [3.63, 3.8) is 0 Å². The van der Waals surface area contributed by atoms with Crippen molar-refractivity contribution in [2.24, 2.45) is 0 Å². The quantitative estimate of drug-likeness (QED) is 0.164. The van der Waals surface area contributed by atoms with Crippen LogP contribution in [0.1, 0.15) is 108 Å². The fourth-order valence-electron chi connectivity index (χ4n) is 16.5. The summed E-state index contributed by atoms with van der Waals surface area (Å²) in [7, 11) is 0. The second-order valence-electron chi connectivity index (χ2n) is 27.7. The normalized spacial score (nSPS) is 16.7. The highest BCUT2D eigenvalue weighted by molar-refractivity contribution is 7.26. The molecule has 18 rings (SSSR count). The van der Waals surface area contributed by atoms with Crippen molar-refractivity contribution in [1.29, 1.82) is 0 Å². The maximum atomic E-state index is 2.63. The van der Waals surface area contributed by atoms with Gasteiger partial charge in [-0.25, -0.2) is 0 Å². The third-order valence-electron chi connectivity index (χ3n) is 20.5. The summed E-state index contributed by atoms with van der Waals surface area (Å²) in [5.41, 5.74) is 29.2. The van der Waals surface area contributed by atoms with E-state index in [-0.39, 0.29) is 10.8 Å². The Hall–Kier alpha value is -9.58. The van der Waals surface area contributed by atoms with Gasteiger partial charge >= 0.3 is 0 Å². The monoisotopic (exact) mass is 1190 g/mol. The van der Waals surface area contributed by atoms with Gasteiger partial charge in [-0.1, -0.05) is 235 Å². The number of hydrogen-bond acceptors (Lipinski definition) is 4. The van der Waals surface area contributed by atoms with Crippen molar-refractivity contribution in [2.45, 2.75) is 77.0 Å². The molecule has 90 heavy (non-hydrogen) atoms. The van der Waals surface area contributed by atoms with Crippen LogP contribution in [0.15, 0.2) is 255 Å². The summed E-state index contributed by atoms with van der Waals surface area (Å²) < 4.78 is 5.15. The lowest BCUT2D eigenvalue weighted by Crippen LogP contribution is -2.29. The van der Waals surface area contributed by atoms with Crippen LogP contribution in [0, 0.1) is 13.8 Å². The number of nitrogens with zero attached hydrogens (tertiary/aromatic N) is 2. The Morgan fingerprint density at radius 1 is 0.289 bits per heavy atom. The average Bonchev–Trinajstić information content (AvgIpc) is 1.46. The Kier molecular flexibility index (Phi) is 11.3. The van der Waals surface area contributed by atoms with Crippen molar-refractivity contribution in [2.75, 3.05) is 9.80 Å². The van der Waals surface area contributed by atoms with Gasteiger partial charge in [-0.05, 0) is 187 Å². The number of thiophene rings is 2. The van der Waals surface area contributed by atoms with Crippen molar-refractivity contribution < 1.29 is 0 Å². The number of rotatable bonds is 6. The Morgan fingerprint density at radius 2 is 0.633 bits per heavy atom. The predicted molar refractivity (Wildman–Crippen MR) is 385 cm³/mol. The van der Waals surface area contributed by atoms with Gasteiger partial charge in [-0.15, -0.1) is 22.7 Å². The molecule has 432 valence electrons. The standard InChI is InChI=1S/C86H66N2S2/c1-51-31-43-61-59-19-9-13-25-69(59)85(71(61)47-51)73-49-57(87(55-37-33-53(34-38-55)83(3,4)5)75-27-17-23-65-63-21-11-15-29-77(63)89-81(65)75)41-45-67(73)80-79(85)68-46-42-58(50-74(68)86(80)70-26-14-10-20-60(70)62-44-32-52(2)48-72(62)86)88(56-39-35-54(36-40-56)84(6,7)8)76-28-18-24-66-64-22-12-16-30-78(64)90-82(66)76/h9-50H,1-8H3. The van der Waals surface area contributed by atoms with Crippen molar-refractivity contribution in [1.82, 2.24) is 0 Å². The summed E-state index contributed by atoms with van der Waals surface area (Å²) >= 11 is 3.79. The highest BCUT2D eigenvalue weighted by atomic mass is 32.1. The largest absolute Gasteiger partial charge is 0.309 e. The molecule has 0 amide bonds. The molecule has 2 atom stereocenters. The van der Waals surface area contributed by atoms with E-state index in [4.69, 9.17) is 0 Å². The van der Waals surface area contributed by atoms with Gasteiger partial charge in [0.05, 0.1) is 31.6 Å². The summed E-state index contributed by atoms with van der Waals surface area (Å²) in [6.45, 7) is 18.4. The van der Waals surface area contributed by atoms with Crippen molar-refractivity contribution in [3.05, 3.63) is 322 Å². The lowest BCUT2D eigenvalue weighted by Gasteiger charge is -2.37. The highest BCUT2D eigenvalue weighted by Crippen LogP contribution is 2.75. The Morgan fingerprint density at radius 3 is 1.06 bits per heavy atom. The van der Waals surface area contributed by atoms with Gasteiger partial charge < -0.3 is 9.80 Å². The van der Waals surface area contributed by atoms with E-state index in [9.17, 15) is 0 Å². The van der Waals surface area contributed by atoms with Crippen molar-refractivity contribution >= 4 is 108 Å². The second-order valence-corrected chi connectivity index (χ2v) is 29.8. The summed E-state index contributed by atoms with van der Waals surface area (Å²) in [5.74, 6) is 0. The fourth-order valence-corrected chi connectivity index (χ4v) is 18.9. The molecular formula is C86H66N2S2. The van der Waals surface area contributed by atoms with Crippen molar-refractivity contribution in [3.8, 4) is 22.3 Å². The van der Waals surface area contributed by atoms with Gasteiger partial charge in [0.1, 0.15) is 0 Å². The molecule has 0 saturated heterocycles. The zero-order valence-electron chi connectivity index (χ0n) is 52.0. The first-order valence-corrected chi connectivity index (χ1v) is 33.4. The van der Waals surface area contributed by atoms with Gasteiger partial charge in [-0.3, -0.25) is 0 Å². The molecule has 14 aromatic rings. The molecule has 2 heterocycles. The first kappa shape index (κ1) is 53.4. The summed E-state index contributed by atoms with van der Waals surface area (Å²) in [5, 5.41) is 5.15. The van der Waals surface area contributed by atoms with Gasteiger partial charge in [0.15, 0.2) is 0 Å². The average molecular weight is 1190 g/mol. The topological polar surface area (TPSA) is 6.48 Å². The van der Waals surface area contributed by atoms with Crippen LogP contribution < -0.4 is 9.80 Å². The number of fused-ring (bicyclic) bond motifs is 24. The van der Waals surface area contributed by atoms with Crippen LogP contribution in [0.4, 0.5) is 34.1 Å². The summed E-state index contributed by atoms with van der Waals surface area (Å²) in [6.07, 6.45) is 0. The van der Waals surface area contributed by atoms with E-state index in [1.165, 1.54) is 152 Å². The summed E-state index contributed by atoms with van der Waals surface area (Å²) in [6, 6.07) is 99.1. The molecule has 0 saturated carbocycles. The van der Waals surface area contributed by atoms with E-state index in [1.807, 2.05) is 22.7 Å². The molecule has 2 aromatic heterocycles. The smallest absolute Gasteiger partial charge is 0.0729 e. The lowest BCUT2D eigenvalue weighted by molar-refractivity contribution is 0.590. The van der Waals surface area contributed by atoms with E-state index in [0.717, 1.165) is 22.7 Å². The van der Waals surface area contributed by atoms with E-state index in [2.05, 4.69) is 320 Å². The minimum absolute atomic E-state index is 0.00529. The minimum atomic E-state index is -0.712. The van der Waals surface area contributed by atoms with Crippen LogP contribution in [0.5, 0.6) is 0 Å². The van der Waals surface area contributed by atoms with Gasteiger partial charge in [0, 0.05) is 53.7 Å². The molecule has 0 radical (unpaired) electrons. The van der Waals surface area contributed by atoms with E-state index < -0.39 is 10.8 Å². The number of benzene rings is 12. The fraction of sp³-hybridized carbons (Fsp3) is 0.140. The maximum absolute atomic E-state index is 2.63. The molecule has 4 aliphatic rings. The molecule has 0 N–H and O–H groups in total. The molecule has 4 heteroatoms. The van der Waals surface area contributed by atoms with Crippen LogP contribution in [0.2, 0.25) is 0 Å². The molecule has 4 aliphatic carbocycles. The zero-order chi connectivity index (χ0) is 60.7. The first-order valence-electron chi connectivity index (χ1n) is 31.8. The number of anilines is 6. The first-order chi connectivity index (χ1) is 43.7. The van der Waals surface area contributed by atoms with Crippen LogP contribution in [0.25, 0.3) is 73.7 Å². The Labute approximate surface area is 535 Å². The molecule has 0 fully saturated rings.